The standard InChI is InChI=1S/C25H21ClFN3O2S/c1-32-16-15-30-22(17-9-13-20(27)14-10-17)24(29-23(31)18-7-11-19(26)12-8-18)33-25(30)28-21-5-3-2-4-6-21/h2-14H,15-16H2,1H3,(H,29,31). The number of nitrogens with one attached hydrogen (secondary N) is 1. The fourth-order valence-electron chi connectivity index (χ4n) is 3.26. The minimum atomic E-state index is -0.335. The van der Waals surface area contributed by atoms with Crippen molar-refractivity contribution in [3.63, 3.8) is 0 Å². The van der Waals surface area contributed by atoms with Crippen LogP contribution in [0.5, 0.6) is 0 Å². The first-order valence-electron chi connectivity index (χ1n) is 10.2. The minimum Gasteiger partial charge on any atom is -0.383 e. The van der Waals surface area contributed by atoms with Crippen molar-refractivity contribution < 1.29 is 13.9 Å². The summed E-state index contributed by atoms with van der Waals surface area (Å²) in [5, 5.41) is 4.16. The van der Waals surface area contributed by atoms with Gasteiger partial charge in [-0.2, -0.15) is 0 Å². The summed E-state index contributed by atoms with van der Waals surface area (Å²) in [5.74, 6) is -0.611. The lowest BCUT2D eigenvalue weighted by atomic mass is 10.1. The van der Waals surface area contributed by atoms with Crippen LogP contribution in [0.3, 0.4) is 0 Å². The molecule has 1 amide bonds. The molecule has 0 spiro atoms. The number of rotatable bonds is 7. The Kier molecular flexibility index (Phi) is 7.34. The summed E-state index contributed by atoms with van der Waals surface area (Å²) in [6.07, 6.45) is 0. The third kappa shape index (κ3) is 5.57. The number of methoxy groups -OCH3 is 1. The molecular weight excluding hydrogens is 461 g/mol. The summed E-state index contributed by atoms with van der Waals surface area (Å²) < 4.78 is 20.9. The van der Waals surface area contributed by atoms with E-state index in [1.165, 1.54) is 23.5 Å². The van der Waals surface area contributed by atoms with Gasteiger partial charge in [0.2, 0.25) is 0 Å². The van der Waals surface area contributed by atoms with Gasteiger partial charge in [-0.15, -0.1) is 0 Å². The maximum Gasteiger partial charge on any atom is 0.256 e. The van der Waals surface area contributed by atoms with Crippen LogP contribution < -0.4 is 10.1 Å². The molecule has 0 unspecified atom stereocenters. The van der Waals surface area contributed by atoms with E-state index in [-0.39, 0.29) is 11.7 Å². The number of carbonyl (C=O) groups excluding carboxylic acids is 1. The SMILES string of the molecule is COCCn1c(-c2ccc(F)cc2)c(NC(=O)c2ccc(Cl)cc2)sc1=Nc1ccccc1. The molecule has 4 rings (SSSR count). The summed E-state index contributed by atoms with van der Waals surface area (Å²) >= 11 is 7.30. The zero-order valence-corrected chi connectivity index (χ0v) is 19.4. The highest BCUT2D eigenvalue weighted by Crippen LogP contribution is 2.32. The van der Waals surface area contributed by atoms with E-state index < -0.39 is 0 Å². The van der Waals surface area contributed by atoms with Crippen molar-refractivity contribution >= 4 is 39.5 Å². The Balaban J connectivity index is 1.86. The number of thiazole rings is 1. The van der Waals surface area contributed by atoms with E-state index in [1.807, 2.05) is 34.9 Å². The molecule has 0 radical (unpaired) electrons. The fourth-order valence-corrected chi connectivity index (χ4v) is 4.48. The second-order valence-corrected chi connectivity index (χ2v) is 8.54. The Labute approximate surface area is 199 Å². The number of amides is 1. The van der Waals surface area contributed by atoms with Gasteiger partial charge in [0, 0.05) is 29.8 Å². The van der Waals surface area contributed by atoms with Crippen molar-refractivity contribution in [2.24, 2.45) is 4.99 Å². The highest BCUT2D eigenvalue weighted by atomic mass is 35.5. The monoisotopic (exact) mass is 481 g/mol. The van der Waals surface area contributed by atoms with Gasteiger partial charge in [-0.3, -0.25) is 4.79 Å². The van der Waals surface area contributed by atoms with E-state index in [9.17, 15) is 9.18 Å². The molecule has 0 atom stereocenters. The van der Waals surface area contributed by atoms with E-state index in [0.29, 0.717) is 33.5 Å². The smallest absolute Gasteiger partial charge is 0.256 e. The summed E-state index contributed by atoms with van der Waals surface area (Å²) in [6.45, 7) is 0.944. The van der Waals surface area contributed by atoms with Crippen LogP contribution in [0.25, 0.3) is 11.3 Å². The molecule has 33 heavy (non-hydrogen) atoms. The number of nitrogens with zero attached hydrogens (tertiary/aromatic N) is 2. The van der Waals surface area contributed by atoms with Gasteiger partial charge in [0.1, 0.15) is 10.8 Å². The van der Waals surface area contributed by atoms with E-state index in [4.69, 9.17) is 21.3 Å². The average molecular weight is 482 g/mol. The van der Waals surface area contributed by atoms with Crippen LogP contribution in [-0.4, -0.2) is 24.2 Å². The van der Waals surface area contributed by atoms with Crippen LogP contribution in [0.1, 0.15) is 10.4 Å². The van der Waals surface area contributed by atoms with E-state index >= 15 is 0 Å². The summed E-state index contributed by atoms with van der Waals surface area (Å²) in [6, 6.07) is 22.4. The third-order valence-corrected chi connectivity index (χ3v) is 6.11. The van der Waals surface area contributed by atoms with E-state index in [2.05, 4.69) is 5.32 Å². The number of ether oxygens (including phenoxy) is 1. The van der Waals surface area contributed by atoms with Crippen molar-refractivity contribution in [3.05, 3.63) is 100 Å². The van der Waals surface area contributed by atoms with Crippen molar-refractivity contribution in [1.29, 1.82) is 0 Å². The number of para-hydroxylation sites is 1. The summed E-state index contributed by atoms with van der Waals surface area (Å²) in [4.78, 5) is 18.5. The van der Waals surface area contributed by atoms with Crippen LogP contribution in [0.2, 0.25) is 5.02 Å². The number of hydrogen-bond acceptors (Lipinski definition) is 4. The predicted molar refractivity (Wildman–Crippen MR) is 131 cm³/mol. The molecule has 1 N–H and O–H groups in total. The van der Waals surface area contributed by atoms with Crippen molar-refractivity contribution in [1.82, 2.24) is 4.57 Å². The fraction of sp³-hybridized carbons (Fsp3) is 0.120. The molecule has 4 aromatic rings. The van der Waals surface area contributed by atoms with Gasteiger partial charge in [0.15, 0.2) is 4.80 Å². The molecule has 0 bridgehead atoms. The number of benzene rings is 3. The minimum absolute atomic E-state index is 0.276. The lowest BCUT2D eigenvalue weighted by molar-refractivity contribution is 0.102. The quantitative estimate of drug-likeness (QED) is 0.344. The molecular formula is C25H21ClFN3O2S. The van der Waals surface area contributed by atoms with Crippen molar-refractivity contribution in [2.45, 2.75) is 6.54 Å². The lowest BCUT2D eigenvalue weighted by Gasteiger charge is -2.12. The molecule has 168 valence electrons. The van der Waals surface area contributed by atoms with Crippen LogP contribution in [-0.2, 0) is 11.3 Å². The van der Waals surface area contributed by atoms with Crippen LogP contribution in [0, 0.1) is 5.82 Å². The first-order valence-corrected chi connectivity index (χ1v) is 11.4. The molecule has 3 aromatic carbocycles. The van der Waals surface area contributed by atoms with Gasteiger partial charge in [0.05, 0.1) is 18.0 Å². The second-order valence-electron chi connectivity index (χ2n) is 7.12. The number of aromatic nitrogens is 1. The van der Waals surface area contributed by atoms with Crippen LogP contribution in [0.15, 0.2) is 83.9 Å². The van der Waals surface area contributed by atoms with Crippen molar-refractivity contribution in [3.8, 4) is 11.3 Å². The molecule has 0 aliphatic heterocycles. The lowest BCUT2D eigenvalue weighted by Crippen LogP contribution is -2.19. The zero-order chi connectivity index (χ0) is 23.2. The third-order valence-electron chi connectivity index (χ3n) is 4.86. The first kappa shape index (κ1) is 22.9. The number of hydrogen-bond donors (Lipinski definition) is 1. The predicted octanol–water partition coefficient (Wildman–Crippen LogP) is 6.14. The normalized spacial score (nSPS) is 11.5. The Hall–Kier alpha value is -3.26. The molecule has 1 aromatic heterocycles. The second kappa shape index (κ2) is 10.6. The Bertz CT molecular complexity index is 1300. The Morgan fingerprint density at radius 3 is 2.42 bits per heavy atom. The van der Waals surface area contributed by atoms with Gasteiger partial charge >= 0.3 is 0 Å². The molecule has 0 fully saturated rings. The summed E-state index contributed by atoms with van der Waals surface area (Å²) in [5.41, 5.74) is 2.74. The average Bonchev–Trinajstić information content (AvgIpc) is 3.15. The maximum absolute atomic E-state index is 13.6. The molecule has 0 saturated heterocycles. The molecule has 5 nitrogen and oxygen atoms in total. The van der Waals surface area contributed by atoms with E-state index in [1.54, 1.807) is 43.5 Å². The highest BCUT2D eigenvalue weighted by molar-refractivity contribution is 7.14. The molecule has 1 heterocycles. The highest BCUT2D eigenvalue weighted by Gasteiger charge is 2.19. The van der Waals surface area contributed by atoms with Crippen molar-refractivity contribution in [2.75, 3.05) is 19.0 Å². The van der Waals surface area contributed by atoms with Gasteiger partial charge in [-0.25, -0.2) is 9.38 Å². The maximum atomic E-state index is 13.6. The van der Waals surface area contributed by atoms with Gasteiger partial charge < -0.3 is 14.6 Å². The topological polar surface area (TPSA) is 55.6 Å². The van der Waals surface area contributed by atoms with Gasteiger partial charge in [0.25, 0.3) is 5.91 Å². The zero-order valence-electron chi connectivity index (χ0n) is 17.8. The molecule has 0 aliphatic rings. The largest absolute Gasteiger partial charge is 0.383 e. The molecule has 0 aliphatic carbocycles. The number of anilines is 1. The number of halogens is 2. The molecule has 0 saturated carbocycles. The van der Waals surface area contributed by atoms with E-state index in [0.717, 1.165) is 16.9 Å². The Morgan fingerprint density at radius 2 is 1.76 bits per heavy atom. The van der Waals surface area contributed by atoms with Gasteiger partial charge in [-0.1, -0.05) is 41.1 Å². The number of carbonyl (C=O) groups is 1. The van der Waals surface area contributed by atoms with Crippen LogP contribution in [0.4, 0.5) is 15.1 Å². The molecule has 8 heteroatoms. The first-order chi connectivity index (χ1) is 16.0. The Morgan fingerprint density at radius 1 is 1.06 bits per heavy atom. The van der Waals surface area contributed by atoms with Crippen LogP contribution >= 0.6 is 22.9 Å². The van der Waals surface area contributed by atoms with Gasteiger partial charge in [-0.05, 0) is 60.7 Å². The summed E-state index contributed by atoms with van der Waals surface area (Å²) in [7, 11) is 1.63.